The van der Waals surface area contributed by atoms with Gasteiger partial charge in [0.15, 0.2) is 0 Å². The molecule has 0 unspecified atom stereocenters. The molecule has 104 valence electrons. The van der Waals surface area contributed by atoms with E-state index in [0.29, 0.717) is 13.1 Å². The van der Waals surface area contributed by atoms with Gasteiger partial charge in [0.1, 0.15) is 0 Å². The van der Waals surface area contributed by atoms with Gasteiger partial charge in [-0.3, -0.25) is 9.48 Å². The van der Waals surface area contributed by atoms with Crippen molar-refractivity contribution < 1.29 is 4.79 Å². The fourth-order valence-corrected chi connectivity index (χ4v) is 1.57. The van der Waals surface area contributed by atoms with Crippen molar-refractivity contribution in [1.29, 1.82) is 0 Å². The number of aryl methyl sites for hydroxylation is 2. The van der Waals surface area contributed by atoms with Crippen LogP contribution >= 0.6 is 12.4 Å². The molecule has 0 radical (unpaired) electrons. The Kier molecular flexibility index (Phi) is 5.83. The topological polar surface area (TPSA) is 72.9 Å². The molecule has 1 aromatic heterocycles. The van der Waals surface area contributed by atoms with Crippen LogP contribution in [0.3, 0.4) is 0 Å². The van der Waals surface area contributed by atoms with Crippen molar-refractivity contribution in [2.24, 2.45) is 18.2 Å². The van der Waals surface area contributed by atoms with Crippen LogP contribution in [0.4, 0.5) is 0 Å². The van der Waals surface area contributed by atoms with Gasteiger partial charge in [-0.1, -0.05) is 0 Å². The summed E-state index contributed by atoms with van der Waals surface area (Å²) in [5.41, 5.74) is 8.15. The molecule has 0 saturated carbocycles. The number of nitrogens with two attached hydrogens (primary N) is 1. The molecule has 3 N–H and O–H groups in total. The molecule has 0 aliphatic heterocycles. The monoisotopic (exact) mass is 274 g/mol. The zero-order chi connectivity index (χ0) is 13.2. The van der Waals surface area contributed by atoms with Crippen LogP contribution < -0.4 is 11.1 Å². The van der Waals surface area contributed by atoms with Gasteiger partial charge in [0.05, 0.1) is 11.1 Å². The fraction of sp³-hybridized carbons (Fsp3) is 0.667. The van der Waals surface area contributed by atoms with E-state index in [9.17, 15) is 4.79 Å². The van der Waals surface area contributed by atoms with Gasteiger partial charge in [-0.2, -0.15) is 5.10 Å². The number of hydrogen-bond donors (Lipinski definition) is 2. The predicted molar refractivity (Wildman–Crippen MR) is 74.6 cm³/mol. The van der Waals surface area contributed by atoms with Crippen LogP contribution in [0.25, 0.3) is 0 Å². The van der Waals surface area contributed by atoms with Gasteiger partial charge in [-0.05, 0) is 27.7 Å². The molecule has 0 fully saturated rings. The third kappa shape index (κ3) is 3.46. The maximum Gasteiger partial charge on any atom is 0.227 e. The van der Waals surface area contributed by atoms with E-state index in [1.807, 2.05) is 39.4 Å². The first-order valence-corrected chi connectivity index (χ1v) is 5.77. The quantitative estimate of drug-likeness (QED) is 0.862. The van der Waals surface area contributed by atoms with E-state index in [-0.39, 0.29) is 18.3 Å². The van der Waals surface area contributed by atoms with E-state index in [0.717, 1.165) is 17.0 Å². The first-order valence-electron chi connectivity index (χ1n) is 5.77. The van der Waals surface area contributed by atoms with E-state index >= 15 is 0 Å². The Bertz CT molecular complexity index is 426. The van der Waals surface area contributed by atoms with Gasteiger partial charge in [-0.25, -0.2) is 0 Å². The summed E-state index contributed by atoms with van der Waals surface area (Å²) in [6.07, 6.45) is 0. The van der Waals surface area contributed by atoms with Crippen LogP contribution in [0.15, 0.2) is 0 Å². The highest BCUT2D eigenvalue weighted by Gasteiger charge is 2.25. The summed E-state index contributed by atoms with van der Waals surface area (Å²) in [5, 5.41) is 7.22. The first-order chi connectivity index (χ1) is 7.79. The summed E-state index contributed by atoms with van der Waals surface area (Å²) in [6, 6.07) is 0. The lowest BCUT2D eigenvalue weighted by Gasteiger charge is -2.21. The van der Waals surface area contributed by atoms with E-state index in [1.165, 1.54) is 0 Å². The lowest BCUT2D eigenvalue weighted by atomic mass is 9.92. The molecule has 0 atom stereocenters. The highest BCUT2D eigenvalue weighted by Crippen LogP contribution is 2.15. The summed E-state index contributed by atoms with van der Waals surface area (Å²) in [6.45, 7) is 8.46. The fourth-order valence-electron chi connectivity index (χ4n) is 1.57. The molecule has 0 aliphatic carbocycles. The lowest BCUT2D eigenvalue weighted by Crippen LogP contribution is -2.41. The molecule has 1 heterocycles. The van der Waals surface area contributed by atoms with E-state index < -0.39 is 5.41 Å². The minimum atomic E-state index is -0.524. The Hall–Kier alpha value is -1.07. The Morgan fingerprint density at radius 2 is 2.00 bits per heavy atom. The second-order valence-corrected chi connectivity index (χ2v) is 5.04. The number of amides is 1. The number of aromatic nitrogens is 2. The maximum atomic E-state index is 11.9. The Balaban J connectivity index is 0.00000289. The predicted octanol–water partition coefficient (Wildman–Crippen LogP) is 1.06. The van der Waals surface area contributed by atoms with Crippen molar-refractivity contribution in [3.05, 3.63) is 17.0 Å². The number of halogens is 1. The molecule has 0 aliphatic rings. The summed E-state index contributed by atoms with van der Waals surface area (Å²) in [5.74, 6) is -0.0253. The van der Waals surface area contributed by atoms with Crippen molar-refractivity contribution in [2.45, 2.75) is 34.2 Å². The third-order valence-corrected chi connectivity index (χ3v) is 3.21. The minimum Gasteiger partial charge on any atom is -0.351 e. The molecular formula is C12H23ClN4O. The molecule has 0 aromatic carbocycles. The second kappa shape index (κ2) is 6.20. The van der Waals surface area contributed by atoms with E-state index in [1.54, 1.807) is 0 Å². The van der Waals surface area contributed by atoms with E-state index in [4.69, 9.17) is 5.73 Å². The first kappa shape index (κ1) is 16.9. The van der Waals surface area contributed by atoms with Gasteiger partial charge in [0.25, 0.3) is 0 Å². The van der Waals surface area contributed by atoms with Crippen LogP contribution in [0, 0.1) is 19.3 Å². The lowest BCUT2D eigenvalue weighted by molar-refractivity contribution is -0.129. The smallest absolute Gasteiger partial charge is 0.227 e. The van der Waals surface area contributed by atoms with Crippen molar-refractivity contribution in [2.75, 3.05) is 6.54 Å². The van der Waals surface area contributed by atoms with E-state index in [2.05, 4.69) is 10.4 Å². The summed E-state index contributed by atoms with van der Waals surface area (Å²) in [4.78, 5) is 11.9. The normalized spacial score (nSPS) is 11.0. The second-order valence-electron chi connectivity index (χ2n) is 5.04. The van der Waals surface area contributed by atoms with Gasteiger partial charge in [0.2, 0.25) is 5.91 Å². The number of nitrogens with one attached hydrogen (secondary N) is 1. The summed E-state index contributed by atoms with van der Waals surface area (Å²) >= 11 is 0. The molecule has 0 spiro atoms. The third-order valence-electron chi connectivity index (χ3n) is 3.21. The van der Waals surface area contributed by atoms with Crippen molar-refractivity contribution in [1.82, 2.24) is 15.1 Å². The molecule has 5 nitrogen and oxygen atoms in total. The van der Waals surface area contributed by atoms with Crippen LogP contribution in [-0.2, 0) is 18.4 Å². The maximum absolute atomic E-state index is 11.9. The molecule has 1 aromatic rings. The van der Waals surface area contributed by atoms with Gasteiger partial charge in [0, 0.05) is 31.4 Å². The number of nitrogens with zero attached hydrogens (tertiary/aromatic N) is 2. The molecule has 0 bridgehead atoms. The zero-order valence-corrected chi connectivity index (χ0v) is 12.5. The van der Waals surface area contributed by atoms with Gasteiger partial charge >= 0.3 is 0 Å². The summed E-state index contributed by atoms with van der Waals surface area (Å²) < 4.78 is 1.82. The Morgan fingerprint density at radius 3 is 2.39 bits per heavy atom. The average molecular weight is 275 g/mol. The number of carbonyl (C=O) groups is 1. The molecule has 1 amide bonds. The number of rotatable bonds is 4. The van der Waals surface area contributed by atoms with Crippen LogP contribution in [0.1, 0.15) is 30.8 Å². The van der Waals surface area contributed by atoms with Crippen molar-refractivity contribution in [3.8, 4) is 0 Å². The van der Waals surface area contributed by atoms with Crippen LogP contribution in [0.2, 0.25) is 0 Å². The Morgan fingerprint density at radius 1 is 1.44 bits per heavy atom. The average Bonchev–Trinajstić information content (AvgIpc) is 2.50. The van der Waals surface area contributed by atoms with Gasteiger partial charge < -0.3 is 11.1 Å². The standard InChI is InChI=1S/C12H22N4O.ClH/c1-8-10(9(2)16(5)15-8)6-14-11(17)12(3,4)7-13;/h6-7,13H2,1-5H3,(H,14,17);1H. The van der Waals surface area contributed by atoms with Crippen LogP contribution in [0.5, 0.6) is 0 Å². The summed E-state index contributed by atoms with van der Waals surface area (Å²) in [7, 11) is 1.90. The Labute approximate surface area is 115 Å². The molecule has 0 saturated heterocycles. The number of hydrogen-bond acceptors (Lipinski definition) is 3. The van der Waals surface area contributed by atoms with Gasteiger partial charge in [-0.15, -0.1) is 12.4 Å². The largest absolute Gasteiger partial charge is 0.351 e. The molecular weight excluding hydrogens is 252 g/mol. The zero-order valence-electron chi connectivity index (χ0n) is 11.7. The number of carbonyl (C=O) groups excluding carboxylic acids is 1. The molecule has 6 heteroatoms. The SMILES string of the molecule is Cc1nn(C)c(C)c1CNC(=O)C(C)(C)CN.Cl. The highest BCUT2D eigenvalue weighted by molar-refractivity contribution is 5.85. The highest BCUT2D eigenvalue weighted by atomic mass is 35.5. The van der Waals surface area contributed by atoms with Crippen LogP contribution in [-0.4, -0.2) is 22.2 Å². The van der Waals surface area contributed by atoms with Crippen molar-refractivity contribution >= 4 is 18.3 Å². The molecule has 18 heavy (non-hydrogen) atoms. The minimum absolute atomic E-state index is 0. The van der Waals surface area contributed by atoms with Crippen molar-refractivity contribution in [3.63, 3.8) is 0 Å². The molecule has 1 rings (SSSR count).